The van der Waals surface area contributed by atoms with Crippen LogP contribution in [0.15, 0.2) is 0 Å². The molecule has 0 aromatic heterocycles. The molecule has 0 bridgehead atoms. The summed E-state index contributed by atoms with van der Waals surface area (Å²) in [6.45, 7) is 2.81. The van der Waals surface area contributed by atoms with E-state index in [1.165, 1.54) is 4.31 Å². The highest BCUT2D eigenvalue weighted by atomic mass is 32.2. The minimum absolute atomic E-state index is 0.112. The van der Waals surface area contributed by atoms with Crippen LogP contribution in [0.4, 0.5) is 0 Å². The summed E-state index contributed by atoms with van der Waals surface area (Å²) in [6, 6.07) is -0.118. The Labute approximate surface area is 102 Å². The maximum Gasteiger partial charge on any atom is 0.303 e. The van der Waals surface area contributed by atoms with Gasteiger partial charge in [0.05, 0.1) is 5.75 Å². The number of aliphatic carboxylic acids is 1. The fourth-order valence-electron chi connectivity index (χ4n) is 2.11. The van der Waals surface area contributed by atoms with Gasteiger partial charge < -0.3 is 10.8 Å². The van der Waals surface area contributed by atoms with Crippen molar-refractivity contribution in [1.82, 2.24) is 4.31 Å². The smallest absolute Gasteiger partial charge is 0.303 e. The molecule has 7 heteroatoms. The number of nitrogens with two attached hydrogens (primary N) is 1. The molecule has 2 unspecified atom stereocenters. The van der Waals surface area contributed by atoms with Crippen LogP contribution in [-0.2, 0) is 14.8 Å². The second-order valence-electron chi connectivity index (χ2n) is 4.73. The fraction of sp³-hybridized carbons (Fsp3) is 0.900. The van der Waals surface area contributed by atoms with Gasteiger partial charge in [-0.05, 0) is 18.8 Å². The Kier molecular flexibility index (Phi) is 4.91. The molecule has 1 fully saturated rings. The number of hydrogen-bond acceptors (Lipinski definition) is 4. The van der Waals surface area contributed by atoms with Crippen LogP contribution in [0, 0.1) is 5.92 Å². The van der Waals surface area contributed by atoms with Gasteiger partial charge in [-0.3, -0.25) is 4.79 Å². The number of sulfonamides is 1. The van der Waals surface area contributed by atoms with E-state index in [1.54, 1.807) is 0 Å². The van der Waals surface area contributed by atoms with E-state index in [0.717, 1.165) is 6.42 Å². The van der Waals surface area contributed by atoms with Crippen LogP contribution < -0.4 is 5.73 Å². The second kappa shape index (κ2) is 5.79. The maximum absolute atomic E-state index is 11.9. The lowest BCUT2D eigenvalue weighted by Gasteiger charge is -2.33. The molecule has 0 aromatic rings. The molecule has 0 spiro atoms. The molecule has 0 aromatic carbocycles. The minimum atomic E-state index is -3.35. The number of carboxylic acid groups (broad SMARTS) is 1. The summed E-state index contributed by atoms with van der Waals surface area (Å²) in [5.41, 5.74) is 5.79. The third kappa shape index (κ3) is 4.61. The molecule has 1 heterocycles. The van der Waals surface area contributed by atoms with Gasteiger partial charge in [-0.25, -0.2) is 12.7 Å². The molecule has 2 atom stereocenters. The summed E-state index contributed by atoms with van der Waals surface area (Å²) >= 11 is 0. The first-order valence-electron chi connectivity index (χ1n) is 5.76. The first kappa shape index (κ1) is 14.4. The van der Waals surface area contributed by atoms with Gasteiger partial charge >= 0.3 is 5.97 Å². The average molecular weight is 264 g/mol. The molecule has 1 rings (SSSR count). The zero-order valence-corrected chi connectivity index (χ0v) is 10.8. The fourth-order valence-corrected chi connectivity index (χ4v) is 3.78. The molecule has 0 aliphatic carbocycles. The Morgan fingerprint density at radius 3 is 2.65 bits per heavy atom. The van der Waals surface area contributed by atoms with E-state index in [1.807, 2.05) is 6.92 Å². The molecule has 0 saturated carbocycles. The van der Waals surface area contributed by atoms with Crippen LogP contribution in [0.3, 0.4) is 0 Å². The predicted octanol–water partition coefficient (Wildman–Crippen LogP) is -0.150. The molecular weight excluding hydrogens is 244 g/mol. The van der Waals surface area contributed by atoms with Crippen molar-refractivity contribution in [2.45, 2.75) is 32.2 Å². The molecular formula is C10H20N2O4S. The SMILES string of the molecule is CC1CC(N)CN(S(=O)(=O)CCCC(=O)O)C1. The van der Waals surface area contributed by atoms with Crippen molar-refractivity contribution in [2.24, 2.45) is 11.7 Å². The Hall–Kier alpha value is -0.660. The van der Waals surface area contributed by atoms with Crippen molar-refractivity contribution >= 4 is 16.0 Å². The standard InChI is InChI=1S/C10H20N2O4S/c1-8-5-9(11)7-12(6-8)17(15,16)4-2-3-10(13)14/h8-9H,2-7,11H2,1H3,(H,13,14). The van der Waals surface area contributed by atoms with Crippen LogP contribution in [0.25, 0.3) is 0 Å². The molecule has 1 aliphatic rings. The lowest BCUT2D eigenvalue weighted by atomic mass is 9.99. The maximum atomic E-state index is 11.9. The monoisotopic (exact) mass is 264 g/mol. The quantitative estimate of drug-likeness (QED) is 0.719. The van der Waals surface area contributed by atoms with E-state index < -0.39 is 16.0 Å². The summed E-state index contributed by atoms with van der Waals surface area (Å²) < 4.78 is 25.3. The molecule has 6 nitrogen and oxygen atoms in total. The molecule has 1 saturated heterocycles. The van der Waals surface area contributed by atoms with Crippen molar-refractivity contribution in [3.8, 4) is 0 Å². The summed E-state index contributed by atoms with van der Waals surface area (Å²) in [5, 5.41) is 8.48. The highest BCUT2D eigenvalue weighted by Gasteiger charge is 2.30. The largest absolute Gasteiger partial charge is 0.481 e. The second-order valence-corrected chi connectivity index (χ2v) is 6.82. The first-order valence-corrected chi connectivity index (χ1v) is 7.37. The van der Waals surface area contributed by atoms with Crippen molar-refractivity contribution < 1.29 is 18.3 Å². The summed E-state index contributed by atoms with van der Waals surface area (Å²) in [7, 11) is -3.35. The normalized spacial score (nSPS) is 26.9. The molecule has 0 radical (unpaired) electrons. The third-order valence-corrected chi connectivity index (χ3v) is 4.73. The number of hydrogen-bond donors (Lipinski definition) is 2. The van der Waals surface area contributed by atoms with E-state index in [4.69, 9.17) is 10.8 Å². The predicted molar refractivity (Wildman–Crippen MR) is 64.0 cm³/mol. The van der Waals surface area contributed by atoms with Gasteiger partial charge in [-0.15, -0.1) is 0 Å². The zero-order chi connectivity index (χ0) is 13.1. The van der Waals surface area contributed by atoms with Gasteiger partial charge in [0.2, 0.25) is 10.0 Å². The zero-order valence-electron chi connectivity index (χ0n) is 10.0. The highest BCUT2D eigenvalue weighted by Crippen LogP contribution is 2.18. The number of rotatable bonds is 5. The number of piperidine rings is 1. The molecule has 3 N–H and O–H groups in total. The van der Waals surface area contributed by atoms with Gasteiger partial charge in [0.1, 0.15) is 0 Å². The van der Waals surface area contributed by atoms with Crippen LogP contribution >= 0.6 is 0 Å². The van der Waals surface area contributed by atoms with Gasteiger partial charge in [0.15, 0.2) is 0 Å². The molecule has 0 amide bonds. The van der Waals surface area contributed by atoms with Gasteiger partial charge in [-0.1, -0.05) is 6.92 Å². The van der Waals surface area contributed by atoms with Crippen LogP contribution in [0.2, 0.25) is 0 Å². The van der Waals surface area contributed by atoms with Crippen molar-refractivity contribution in [2.75, 3.05) is 18.8 Å². The van der Waals surface area contributed by atoms with E-state index >= 15 is 0 Å². The first-order chi connectivity index (χ1) is 7.81. The lowest BCUT2D eigenvalue weighted by Crippen LogP contribution is -2.49. The Morgan fingerprint density at radius 1 is 1.47 bits per heavy atom. The molecule has 1 aliphatic heterocycles. The van der Waals surface area contributed by atoms with Crippen LogP contribution in [0.1, 0.15) is 26.2 Å². The third-order valence-electron chi connectivity index (χ3n) is 2.84. The summed E-state index contributed by atoms with van der Waals surface area (Å²) in [4.78, 5) is 10.3. The van der Waals surface area contributed by atoms with Gasteiger partial charge in [0.25, 0.3) is 0 Å². The Balaban J connectivity index is 2.54. The minimum Gasteiger partial charge on any atom is -0.481 e. The molecule has 17 heavy (non-hydrogen) atoms. The van der Waals surface area contributed by atoms with E-state index in [0.29, 0.717) is 13.1 Å². The Bertz CT molecular complexity index is 359. The summed E-state index contributed by atoms with van der Waals surface area (Å²) in [5.74, 6) is -0.824. The molecule has 100 valence electrons. The average Bonchev–Trinajstić information content (AvgIpc) is 2.14. The lowest BCUT2D eigenvalue weighted by molar-refractivity contribution is -0.137. The van der Waals surface area contributed by atoms with Crippen molar-refractivity contribution in [3.63, 3.8) is 0 Å². The highest BCUT2D eigenvalue weighted by molar-refractivity contribution is 7.89. The van der Waals surface area contributed by atoms with E-state index in [-0.39, 0.29) is 30.6 Å². The van der Waals surface area contributed by atoms with E-state index in [9.17, 15) is 13.2 Å². The van der Waals surface area contributed by atoms with Crippen molar-refractivity contribution in [1.29, 1.82) is 0 Å². The van der Waals surface area contributed by atoms with Crippen LogP contribution in [0.5, 0.6) is 0 Å². The van der Waals surface area contributed by atoms with Crippen molar-refractivity contribution in [3.05, 3.63) is 0 Å². The van der Waals surface area contributed by atoms with E-state index in [2.05, 4.69) is 0 Å². The van der Waals surface area contributed by atoms with Gasteiger partial charge in [0, 0.05) is 25.6 Å². The summed E-state index contributed by atoms with van der Waals surface area (Å²) in [6.07, 6.45) is 0.869. The van der Waals surface area contributed by atoms with Gasteiger partial charge in [-0.2, -0.15) is 0 Å². The van der Waals surface area contributed by atoms with Crippen LogP contribution in [-0.4, -0.2) is 48.7 Å². The Morgan fingerprint density at radius 2 is 2.12 bits per heavy atom. The number of carboxylic acids is 1. The number of carbonyl (C=O) groups is 1. The topological polar surface area (TPSA) is 101 Å². The number of nitrogens with zero attached hydrogens (tertiary/aromatic N) is 1.